The number of aromatic amines is 1. The van der Waals surface area contributed by atoms with Gasteiger partial charge < -0.3 is 14.8 Å². The number of nitrogens with one attached hydrogen (secondary N) is 1. The van der Waals surface area contributed by atoms with Crippen LogP contribution in [0.5, 0.6) is 0 Å². The van der Waals surface area contributed by atoms with Gasteiger partial charge in [-0.2, -0.15) is 0 Å². The van der Waals surface area contributed by atoms with Gasteiger partial charge in [-0.15, -0.1) is 5.10 Å². The number of tetrazole rings is 1. The van der Waals surface area contributed by atoms with Crippen LogP contribution in [0.1, 0.15) is 48.3 Å². The van der Waals surface area contributed by atoms with Crippen LogP contribution in [0.4, 0.5) is 0 Å². The molecule has 168 valence electrons. The van der Waals surface area contributed by atoms with Crippen molar-refractivity contribution in [1.82, 2.24) is 30.1 Å². The lowest BCUT2D eigenvalue weighted by Gasteiger charge is -2.30. The molecule has 3 aromatic rings. The molecule has 0 radical (unpaired) electrons. The summed E-state index contributed by atoms with van der Waals surface area (Å²) in [4.78, 5) is 18.0. The number of aliphatic hydroxyl groups excluding tert-OH is 1. The van der Waals surface area contributed by atoms with Gasteiger partial charge >= 0.3 is 0 Å². The minimum Gasteiger partial charge on any atom is -0.396 e. The molecule has 0 fully saturated rings. The van der Waals surface area contributed by atoms with Crippen molar-refractivity contribution >= 4 is 10.9 Å². The van der Waals surface area contributed by atoms with E-state index in [2.05, 4.69) is 45.3 Å². The fourth-order valence-electron chi connectivity index (χ4n) is 3.87. The second kappa shape index (κ2) is 10.6. The van der Waals surface area contributed by atoms with Crippen molar-refractivity contribution in [2.45, 2.75) is 52.7 Å². The van der Waals surface area contributed by atoms with E-state index in [-0.39, 0.29) is 18.2 Å². The molecular weight excluding hydrogens is 396 g/mol. The van der Waals surface area contributed by atoms with Crippen LogP contribution in [-0.2, 0) is 17.8 Å². The minimum absolute atomic E-state index is 0.0775. The second-order valence-corrected chi connectivity index (χ2v) is 7.87. The predicted molar refractivity (Wildman–Crippen MR) is 119 cm³/mol. The Morgan fingerprint density at radius 1 is 1.26 bits per heavy atom. The Bertz CT molecular complexity index is 1060. The van der Waals surface area contributed by atoms with Crippen LogP contribution < -0.4 is 5.56 Å². The van der Waals surface area contributed by atoms with Crippen LogP contribution in [0.25, 0.3) is 10.9 Å². The number of ether oxygens (including phenoxy) is 1. The number of hydrogen-bond acceptors (Lipinski definition) is 7. The third-order valence-corrected chi connectivity index (χ3v) is 5.70. The molecular formula is C22H32N6O3. The lowest BCUT2D eigenvalue weighted by Crippen LogP contribution is -2.34. The SMILES string of the molecule is CC[C@H](c1nnnn1CCOC)N(CCCO)Cc1cc2cc(C)c(C)cc2[nH]c1=O. The number of hydrogen-bond donors (Lipinski definition) is 2. The summed E-state index contributed by atoms with van der Waals surface area (Å²) in [5.41, 5.74) is 3.76. The number of fused-ring (bicyclic) bond motifs is 1. The van der Waals surface area contributed by atoms with Gasteiger partial charge in [0.1, 0.15) is 0 Å². The zero-order chi connectivity index (χ0) is 22.4. The normalized spacial score (nSPS) is 12.7. The van der Waals surface area contributed by atoms with Crippen molar-refractivity contribution in [2.75, 3.05) is 26.9 Å². The summed E-state index contributed by atoms with van der Waals surface area (Å²) in [7, 11) is 1.64. The highest BCUT2D eigenvalue weighted by Gasteiger charge is 2.25. The molecule has 1 aromatic carbocycles. The Kier molecular flexibility index (Phi) is 7.89. The van der Waals surface area contributed by atoms with E-state index in [4.69, 9.17) is 4.74 Å². The third-order valence-electron chi connectivity index (χ3n) is 5.70. The summed E-state index contributed by atoms with van der Waals surface area (Å²) in [6.45, 7) is 8.38. The van der Waals surface area contributed by atoms with E-state index in [1.165, 1.54) is 5.56 Å². The van der Waals surface area contributed by atoms with Gasteiger partial charge in [0.2, 0.25) is 0 Å². The van der Waals surface area contributed by atoms with Gasteiger partial charge in [0.25, 0.3) is 5.56 Å². The topological polar surface area (TPSA) is 109 Å². The van der Waals surface area contributed by atoms with E-state index < -0.39 is 0 Å². The maximum atomic E-state index is 12.9. The van der Waals surface area contributed by atoms with Crippen LogP contribution in [0.2, 0.25) is 0 Å². The Morgan fingerprint density at radius 2 is 2.03 bits per heavy atom. The number of aryl methyl sites for hydroxylation is 2. The van der Waals surface area contributed by atoms with Gasteiger partial charge in [0.05, 0.1) is 19.2 Å². The molecule has 0 unspecified atom stereocenters. The standard InChI is InChI=1S/C22H32N6O3/c1-5-20(21-24-25-26-28(21)8-10-31-4)27(7-6-9-29)14-18-13-17-11-15(2)16(3)12-19(17)23-22(18)30/h11-13,20,29H,5-10,14H2,1-4H3,(H,23,30)/t20-/m1/s1. The van der Waals surface area contributed by atoms with E-state index in [1.807, 2.05) is 19.1 Å². The molecule has 0 aliphatic carbocycles. The van der Waals surface area contributed by atoms with Crippen molar-refractivity contribution in [3.63, 3.8) is 0 Å². The largest absolute Gasteiger partial charge is 0.396 e. The number of aliphatic hydroxyl groups is 1. The van der Waals surface area contributed by atoms with Crippen LogP contribution >= 0.6 is 0 Å². The lowest BCUT2D eigenvalue weighted by atomic mass is 10.0. The number of methoxy groups -OCH3 is 1. The first-order valence-electron chi connectivity index (χ1n) is 10.7. The number of H-pyrrole nitrogens is 1. The van der Waals surface area contributed by atoms with Gasteiger partial charge in [0.15, 0.2) is 5.82 Å². The predicted octanol–water partition coefficient (Wildman–Crippen LogP) is 2.11. The molecule has 0 bridgehead atoms. The fraction of sp³-hybridized carbons (Fsp3) is 0.545. The molecule has 0 aliphatic rings. The quantitative estimate of drug-likeness (QED) is 0.481. The first-order valence-corrected chi connectivity index (χ1v) is 10.7. The Morgan fingerprint density at radius 3 is 2.74 bits per heavy atom. The second-order valence-electron chi connectivity index (χ2n) is 7.87. The van der Waals surface area contributed by atoms with Gasteiger partial charge in [-0.25, -0.2) is 4.68 Å². The van der Waals surface area contributed by atoms with Gasteiger partial charge in [-0.1, -0.05) is 6.92 Å². The molecule has 0 saturated carbocycles. The van der Waals surface area contributed by atoms with Crippen LogP contribution in [0.3, 0.4) is 0 Å². The van der Waals surface area contributed by atoms with E-state index in [1.54, 1.807) is 11.8 Å². The summed E-state index contributed by atoms with van der Waals surface area (Å²) in [5.74, 6) is 0.737. The highest BCUT2D eigenvalue weighted by atomic mass is 16.5. The van der Waals surface area contributed by atoms with Gasteiger partial charge in [-0.05, 0) is 71.8 Å². The summed E-state index contributed by atoms with van der Waals surface area (Å²) in [5, 5.41) is 22.7. The summed E-state index contributed by atoms with van der Waals surface area (Å²) in [6.07, 6.45) is 1.36. The van der Waals surface area contributed by atoms with Crippen molar-refractivity contribution < 1.29 is 9.84 Å². The molecule has 2 heterocycles. The monoisotopic (exact) mass is 428 g/mol. The van der Waals surface area contributed by atoms with Gasteiger partial charge in [0, 0.05) is 37.9 Å². The number of pyridine rings is 1. The number of aromatic nitrogens is 5. The molecule has 1 atom stereocenters. The van der Waals surface area contributed by atoms with Crippen molar-refractivity contribution in [3.8, 4) is 0 Å². The number of nitrogens with zero attached hydrogens (tertiary/aromatic N) is 5. The summed E-state index contributed by atoms with van der Waals surface area (Å²) >= 11 is 0. The number of rotatable bonds is 11. The first kappa shape index (κ1) is 23.1. The molecule has 9 nitrogen and oxygen atoms in total. The van der Waals surface area contributed by atoms with Gasteiger partial charge in [-0.3, -0.25) is 9.69 Å². The maximum Gasteiger partial charge on any atom is 0.252 e. The molecule has 0 aliphatic heterocycles. The molecule has 2 aromatic heterocycles. The summed E-state index contributed by atoms with van der Waals surface area (Å²) < 4.78 is 6.92. The molecule has 2 N–H and O–H groups in total. The molecule has 0 saturated heterocycles. The molecule has 9 heteroatoms. The summed E-state index contributed by atoms with van der Waals surface area (Å²) in [6, 6.07) is 5.99. The fourth-order valence-corrected chi connectivity index (χ4v) is 3.87. The zero-order valence-electron chi connectivity index (χ0n) is 18.8. The highest BCUT2D eigenvalue weighted by Crippen LogP contribution is 2.25. The molecule has 3 rings (SSSR count). The number of benzene rings is 1. The van der Waals surface area contributed by atoms with E-state index in [9.17, 15) is 9.90 Å². The molecule has 31 heavy (non-hydrogen) atoms. The van der Waals surface area contributed by atoms with E-state index >= 15 is 0 Å². The average molecular weight is 429 g/mol. The smallest absolute Gasteiger partial charge is 0.252 e. The maximum absolute atomic E-state index is 12.9. The molecule has 0 amide bonds. The Labute approximate surface area is 182 Å². The van der Waals surface area contributed by atoms with E-state index in [0.717, 1.165) is 28.7 Å². The van der Waals surface area contributed by atoms with Crippen molar-refractivity contribution in [2.24, 2.45) is 0 Å². The van der Waals surface area contributed by atoms with Crippen molar-refractivity contribution in [3.05, 3.63) is 51.1 Å². The van der Waals surface area contributed by atoms with Crippen LogP contribution in [0.15, 0.2) is 23.0 Å². The molecule has 0 spiro atoms. The average Bonchev–Trinajstić information content (AvgIpc) is 3.21. The van der Waals surface area contributed by atoms with Crippen LogP contribution in [-0.4, -0.2) is 62.1 Å². The Balaban J connectivity index is 1.95. The zero-order valence-corrected chi connectivity index (χ0v) is 18.8. The third kappa shape index (κ3) is 5.36. The van der Waals surface area contributed by atoms with E-state index in [0.29, 0.717) is 38.2 Å². The first-order chi connectivity index (χ1) is 15.0. The lowest BCUT2D eigenvalue weighted by molar-refractivity contribution is 0.145. The van der Waals surface area contributed by atoms with Crippen molar-refractivity contribution in [1.29, 1.82) is 0 Å². The van der Waals surface area contributed by atoms with Crippen LogP contribution in [0, 0.1) is 13.8 Å². The highest BCUT2D eigenvalue weighted by molar-refractivity contribution is 5.80. The Hall–Kier alpha value is -2.62. The minimum atomic E-state index is -0.0985.